The normalized spacial score (nSPS) is 40.6. The first kappa shape index (κ1) is 10.2. The van der Waals surface area contributed by atoms with Gasteiger partial charge in [0.15, 0.2) is 5.79 Å². The molecule has 0 amide bonds. The second kappa shape index (κ2) is 3.07. The Morgan fingerprint density at radius 1 is 1.43 bits per heavy atom. The van der Waals surface area contributed by atoms with Gasteiger partial charge >= 0.3 is 0 Å². The van der Waals surface area contributed by atoms with Crippen LogP contribution in [0.25, 0.3) is 0 Å². The van der Waals surface area contributed by atoms with Crippen molar-refractivity contribution >= 4 is 0 Å². The summed E-state index contributed by atoms with van der Waals surface area (Å²) in [7, 11) is 0. The van der Waals surface area contributed by atoms with E-state index in [1.54, 1.807) is 0 Å². The first-order valence-corrected chi connectivity index (χ1v) is 5.45. The monoisotopic (exact) mass is 196 g/mol. The van der Waals surface area contributed by atoms with Gasteiger partial charge in [-0.25, -0.2) is 0 Å². The molecule has 0 bridgehead atoms. The smallest absolute Gasteiger partial charge is 0.169 e. The summed E-state index contributed by atoms with van der Waals surface area (Å²) in [6.45, 7) is 11.3. The molecule has 0 aliphatic carbocycles. The van der Waals surface area contributed by atoms with Crippen LogP contribution in [-0.2, 0) is 9.47 Å². The van der Waals surface area contributed by atoms with Crippen molar-refractivity contribution in [3.05, 3.63) is 12.2 Å². The molecule has 0 aromatic carbocycles. The highest BCUT2D eigenvalue weighted by Crippen LogP contribution is 2.49. The summed E-state index contributed by atoms with van der Waals surface area (Å²) in [6.07, 6.45) is 3.15. The third-order valence-corrected chi connectivity index (χ3v) is 3.47. The molecule has 2 aliphatic rings. The van der Waals surface area contributed by atoms with Crippen LogP contribution < -0.4 is 0 Å². The van der Waals surface area contributed by atoms with Gasteiger partial charge in [-0.15, -0.1) is 0 Å². The van der Waals surface area contributed by atoms with Gasteiger partial charge < -0.3 is 9.47 Å². The zero-order valence-electron chi connectivity index (χ0n) is 9.43. The van der Waals surface area contributed by atoms with E-state index in [2.05, 4.69) is 27.4 Å². The van der Waals surface area contributed by atoms with Crippen LogP contribution in [0, 0.1) is 5.92 Å². The van der Waals surface area contributed by atoms with Crippen molar-refractivity contribution in [3.8, 4) is 0 Å². The number of hydrogen-bond acceptors (Lipinski definition) is 2. The van der Waals surface area contributed by atoms with Crippen LogP contribution in [0.1, 0.15) is 40.0 Å². The van der Waals surface area contributed by atoms with Crippen molar-refractivity contribution < 1.29 is 9.47 Å². The van der Waals surface area contributed by atoms with Crippen LogP contribution in [0.2, 0.25) is 0 Å². The Kier molecular flexibility index (Phi) is 2.24. The van der Waals surface area contributed by atoms with Crippen molar-refractivity contribution in [2.45, 2.75) is 51.4 Å². The molecule has 80 valence electrons. The van der Waals surface area contributed by atoms with E-state index in [1.165, 1.54) is 5.57 Å². The lowest BCUT2D eigenvalue weighted by Crippen LogP contribution is -2.32. The van der Waals surface area contributed by atoms with Gasteiger partial charge in [-0.1, -0.05) is 12.2 Å². The summed E-state index contributed by atoms with van der Waals surface area (Å²) >= 11 is 0. The second-order valence-electron chi connectivity index (χ2n) is 5.17. The minimum atomic E-state index is -0.285. The second-order valence-corrected chi connectivity index (χ2v) is 5.17. The van der Waals surface area contributed by atoms with Crippen molar-refractivity contribution in [1.82, 2.24) is 0 Å². The molecular formula is C12H20O2. The molecule has 2 rings (SSSR count). The fourth-order valence-corrected chi connectivity index (χ4v) is 2.83. The van der Waals surface area contributed by atoms with Crippen molar-refractivity contribution in [1.29, 1.82) is 0 Å². The van der Waals surface area contributed by atoms with Crippen LogP contribution in [-0.4, -0.2) is 18.0 Å². The molecule has 0 saturated carbocycles. The molecule has 2 nitrogen and oxygen atoms in total. The molecular weight excluding hydrogens is 176 g/mol. The van der Waals surface area contributed by atoms with Crippen LogP contribution in [0.4, 0.5) is 0 Å². The van der Waals surface area contributed by atoms with Crippen molar-refractivity contribution in [2.24, 2.45) is 5.92 Å². The zero-order valence-corrected chi connectivity index (χ0v) is 9.43. The average molecular weight is 196 g/mol. The van der Waals surface area contributed by atoms with E-state index in [0.717, 1.165) is 25.9 Å². The van der Waals surface area contributed by atoms with E-state index in [9.17, 15) is 0 Å². The summed E-state index contributed by atoms with van der Waals surface area (Å²) in [5.74, 6) is 0.147. The first-order valence-electron chi connectivity index (χ1n) is 5.45. The number of hydrogen-bond donors (Lipinski definition) is 0. The van der Waals surface area contributed by atoms with Gasteiger partial charge in [0.1, 0.15) is 0 Å². The Morgan fingerprint density at radius 3 is 2.57 bits per heavy atom. The maximum Gasteiger partial charge on any atom is 0.169 e. The van der Waals surface area contributed by atoms with Gasteiger partial charge in [0.2, 0.25) is 0 Å². The molecule has 0 radical (unpaired) electrons. The largest absolute Gasteiger partial charge is 0.350 e. The highest BCUT2D eigenvalue weighted by molar-refractivity contribution is 5.10. The maximum atomic E-state index is 6.09. The standard InChI is InChI=1S/C12H20O2/c1-9(2)10-8-12(6-5-7-13-12)14-11(10,3)4/h10H,1,5-8H2,2-4H3/t10-,12+/m0/s1. The Hall–Kier alpha value is -0.340. The molecule has 2 heterocycles. The van der Waals surface area contributed by atoms with E-state index in [-0.39, 0.29) is 11.4 Å². The van der Waals surface area contributed by atoms with E-state index in [4.69, 9.17) is 9.47 Å². The Balaban J connectivity index is 2.19. The Bertz CT molecular complexity index is 249. The highest BCUT2D eigenvalue weighted by atomic mass is 16.7. The molecule has 2 fully saturated rings. The first-order chi connectivity index (χ1) is 6.45. The fourth-order valence-electron chi connectivity index (χ4n) is 2.83. The minimum absolute atomic E-state index is 0.115. The maximum absolute atomic E-state index is 6.09. The lowest BCUT2D eigenvalue weighted by atomic mass is 9.84. The SMILES string of the molecule is C=C(C)[C@@H]1C[C@@]2(CCCO2)OC1(C)C. The number of ether oxygens (including phenoxy) is 2. The minimum Gasteiger partial charge on any atom is -0.350 e. The topological polar surface area (TPSA) is 18.5 Å². The predicted molar refractivity (Wildman–Crippen MR) is 56.0 cm³/mol. The Labute approximate surface area is 86.3 Å². The summed E-state index contributed by atoms with van der Waals surface area (Å²) in [6, 6.07) is 0. The molecule has 1 spiro atoms. The van der Waals surface area contributed by atoms with E-state index in [0.29, 0.717) is 5.92 Å². The van der Waals surface area contributed by atoms with E-state index >= 15 is 0 Å². The van der Waals surface area contributed by atoms with Crippen LogP contribution >= 0.6 is 0 Å². The highest BCUT2D eigenvalue weighted by Gasteiger charge is 2.53. The molecule has 2 heteroatoms. The summed E-state index contributed by atoms with van der Waals surface area (Å²) in [5.41, 5.74) is 1.10. The molecule has 2 saturated heterocycles. The average Bonchev–Trinajstić information content (AvgIpc) is 2.57. The van der Waals surface area contributed by atoms with Crippen molar-refractivity contribution in [2.75, 3.05) is 6.61 Å². The van der Waals surface area contributed by atoms with Gasteiger partial charge in [-0.3, -0.25) is 0 Å². The molecule has 0 unspecified atom stereocenters. The lowest BCUT2D eigenvalue weighted by molar-refractivity contribution is -0.220. The van der Waals surface area contributed by atoms with Gasteiger partial charge in [0.25, 0.3) is 0 Å². The molecule has 2 aliphatic heterocycles. The van der Waals surface area contributed by atoms with Gasteiger partial charge in [-0.05, 0) is 27.2 Å². The van der Waals surface area contributed by atoms with E-state index < -0.39 is 0 Å². The molecule has 0 aromatic rings. The summed E-state index contributed by atoms with van der Waals surface area (Å²) < 4.78 is 11.8. The van der Waals surface area contributed by atoms with Crippen LogP contribution in [0.3, 0.4) is 0 Å². The van der Waals surface area contributed by atoms with Crippen molar-refractivity contribution in [3.63, 3.8) is 0 Å². The van der Waals surface area contributed by atoms with E-state index in [1.807, 2.05) is 0 Å². The molecule has 0 aromatic heterocycles. The van der Waals surface area contributed by atoms with Crippen LogP contribution in [0.15, 0.2) is 12.2 Å². The summed E-state index contributed by atoms with van der Waals surface area (Å²) in [4.78, 5) is 0. The van der Waals surface area contributed by atoms with Gasteiger partial charge in [0, 0.05) is 18.8 Å². The van der Waals surface area contributed by atoms with Gasteiger partial charge in [0.05, 0.1) is 12.2 Å². The third kappa shape index (κ3) is 1.51. The Morgan fingerprint density at radius 2 is 2.14 bits per heavy atom. The number of rotatable bonds is 1. The van der Waals surface area contributed by atoms with Gasteiger partial charge in [-0.2, -0.15) is 0 Å². The van der Waals surface area contributed by atoms with Crippen LogP contribution in [0.5, 0.6) is 0 Å². The third-order valence-electron chi connectivity index (χ3n) is 3.47. The fraction of sp³-hybridized carbons (Fsp3) is 0.833. The quantitative estimate of drug-likeness (QED) is 0.600. The summed E-state index contributed by atoms with van der Waals surface area (Å²) in [5, 5.41) is 0. The molecule has 14 heavy (non-hydrogen) atoms. The molecule has 2 atom stereocenters. The zero-order chi connectivity index (χ0) is 10.4. The molecule has 0 N–H and O–H groups in total. The predicted octanol–water partition coefficient (Wildman–Crippen LogP) is 2.88. The lowest BCUT2D eigenvalue weighted by Gasteiger charge is -2.28.